The second-order valence-electron chi connectivity index (χ2n) is 7.20. The minimum Gasteiger partial charge on any atom is -0.497 e. The van der Waals surface area contributed by atoms with Crippen LogP contribution in [0.25, 0.3) is 10.2 Å². The molecule has 0 saturated carbocycles. The summed E-state index contributed by atoms with van der Waals surface area (Å²) in [5.74, 6) is 1.21. The number of aromatic nitrogens is 1. The Kier molecular flexibility index (Phi) is 9.37. The van der Waals surface area contributed by atoms with Gasteiger partial charge >= 0.3 is 0 Å². The van der Waals surface area contributed by atoms with Gasteiger partial charge in [0.2, 0.25) is 0 Å². The Morgan fingerprint density at radius 2 is 1.77 bits per heavy atom. The molecule has 168 valence electrons. The second-order valence-corrected chi connectivity index (χ2v) is 8.59. The summed E-state index contributed by atoms with van der Waals surface area (Å²) in [6, 6.07) is 11.0. The molecule has 6 nitrogen and oxygen atoms in total. The predicted molar refractivity (Wildman–Crippen MR) is 131 cm³/mol. The van der Waals surface area contributed by atoms with Gasteiger partial charge in [0.05, 0.1) is 22.3 Å². The van der Waals surface area contributed by atoms with E-state index in [1.54, 1.807) is 36.3 Å². The van der Waals surface area contributed by atoms with Crippen LogP contribution in [0.1, 0.15) is 12.0 Å². The Morgan fingerprint density at radius 1 is 1.10 bits per heavy atom. The number of halogens is 2. The molecule has 1 amide bonds. The zero-order valence-corrected chi connectivity index (χ0v) is 20.4. The molecule has 31 heavy (non-hydrogen) atoms. The van der Waals surface area contributed by atoms with Crippen molar-refractivity contribution in [1.29, 1.82) is 0 Å². The van der Waals surface area contributed by atoms with Crippen LogP contribution in [0.4, 0.5) is 5.13 Å². The van der Waals surface area contributed by atoms with Crippen molar-refractivity contribution in [2.24, 2.45) is 0 Å². The number of nitrogens with zero attached hydrogens (tertiary/aromatic N) is 3. The Morgan fingerprint density at radius 3 is 2.39 bits per heavy atom. The molecule has 0 saturated heterocycles. The van der Waals surface area contributed by atoms with Crippen LogP contribution >= 0.6 is 35.3 Å². The topological polar surface area (TPSA) is 54.9 Å². The Hall–Kier alpha value is -2.06. The number of anilines is 1. The van der Waals surface area contributed by atoms with Gasteiger partial charge in [-0.3, -0.25) is 9.69 Å². The van der Waals surface area contributed by atoms with Gasteiger partial charge in [-0.1, -0.05) is 29.0 Å². The number of aryl methyl sites for hydroxylation is 1. The zero-order valence-electron chi connectivity index (χ0n) is 18.1. The maximum absolute atomic E-state index is 13.1. The Balaban J connectivity index is 0.00000341. The van der Waals surface area contributed by atoms with Gasteiger partial charge in [-0.25, -0.2) is 4.98 Å². The molecule has 0 fully saturated rings. The number of methoxy groups -OCH3 is 1. The number of carbonyl (C=O) groups excluding carboxylic acids is 1. The molecule has 0 N–H and O–H groups in total. The molecule has 1 heterocycles. The van der Waals surface area contributed by atoms with Gasteiger partial charge in [0.25, 0.3) is 5.91 Å². The third-order valence-corrected chi connectivity index (χ3v) is 6.17. The number of hydrogen-bond acceptors (Lipinski definition) is 6. The van der Waals surface area contributed by atoms with Gasteiger partial charge in [0.15, 0.2) is 11.7 Å². The summed E-state index contributed by atoms with van der Waals surface area (Å²) in [5, 5.41) is 1.29. The van der Waals surface area contributed by atoms with Crippen LogP contribution in [0.3, 0.4) is 0 Å². The molecule has 1 aromatic heterocycles. The molecule has 0 unspecified atom stereocenters. The van der Waals surface area contributed by atoms with Gasteiger partial charge < -0.3 is 14.4 Å². The van der Waals surface area contributed by atoms with Crippen LogP contribution in [-0.2, 0) is 4.79 Å². The van der Waals surface area contributed by atoms with Crippen molar-refractivity contribution in [2.45, 2.75) is 13.3 Å². The first-order valence-corrected chi connectivity index (χ1v) is 10.9. The van der Waals surface area contributed by atoms with Crippen LogP contribution in [0.15, 0.2) is 36.4 Å². The average Bonchev–Trinajstić information content (AvgIpc) is 3.19. The highest BCUT2D eigenvalue weighted by Gasteiger charge is 2.21. The largest absolute Gasteiger partial charge is 0.497 e. The second kappa shape index (κ2) is 11.5. The van der Waals surface area contributed by atoms with E-state index in [1.165, 1.54) is 11.3 Å². The minimum absolute atomic E-state index is 0. The van der Waals surface area contributed by atoms with Crippen LogP contribution in [0, 0.1) is 6.92 Å². The van der Waals surface area contributed by atoms with Gasteiger partial charge in [-0.2, -0.15) is 0 Å². The standard InChI is InChI=1S/C22H26ClN3O3S.ClH/c1-15-6-11-18(23)21-20(15)24-22(30-21)26(13-5-12-25(2)3)19(27)14-29-17-9-7-16(28-4)8-10-17;/h6-11H,5,12-14H2,1-4H3;1H. The lowest BCUT2D eigenvalue weighted by Crippen LogP contribution is -2.36. The number of hydrogen-bond donors (Lipinski definition) is 0. The van der Waals surface area contributed by atoms with Crippen molar-refractivity contribution in [1.82, 2.24) is 9.88 Å². The maximum Gasteiger partial charge on any atom is 0.266 e. The van der Waals surface area contributed by atoms with E-state index in [1.807, 2.05) is 33.2 Å². The fraction of sp³-hybridized carbons (Fsp3) is 0.364. The molecule has 2 aromatic carbocycles. The van der Waals surface area contributed by atoms with E-state index in [0.717, 1.165) is 34.5 Å². The Labute approximate surface area is 198 Å². The van der Waals surface area contributed by atoms with E-state index in [9.17, 15) is 4.79 Å². The third-order valence-electron chi connectivity index (χ3n) is 4.63. The summed E-state index contributed by atoms with van der Waals surface area (Å²) in [7, 11) is 5.64. The summed E-state index contributed by atoms with van der Waals surface area (Å²) in [6.45, 7) is 3.34. The first-order chi connectivity index (χ1) is 14.4. The predicted octanol–water partition coefficient (Wildman–Crippen LogP) is 5.05. The minimum atomic E-state index is -0.141. The highest BCUT2D eigenvalue weighted by atomic mass is 35.5. The molecule has 0 radical (unpaired) electrons. The van der Waals surface area contributed by atoms with E-state index in [4.69, 9.17) is 26.1 Å². The van der Waals surface area contributed by atoms with E-state index in [-0.39, 0.29) is 24.9 Å². The lowest BCUT2D eigenvalue weighted by Gasteiger charge is -2.21. The number of rotatable bonds is 9. The molecule has 9 heteroatoms. The van der Waals surface area contributed by atoms with Gasteiger partial charge in [0.1, 0.15) is 11.5 Å². The normalized spacial score (nSPS) is 10.8. The van der Waals surface area contributed by atoms with Crippen molar-refractivity contribution in [3.8, 4) is 11.5 Å². The number of thiazole rings is 1. The molecule has 3 aromatic rings. The zero-order chi connectivity index (χ0) is 21.7. The molecule has 0 aliphatic carbocycles. The lowest BCUT2D eigenvalue weighted by atomic mass is 10.2. The number of carbonyl (C=O) groups is 1. The lowest BCUT2D eigenvalue weighted by molar-refractivity contribution is -0.120. The number of fused-ring (bicyclic) bond motifs is 1. The molecular weight excluding hydrogens is 457 g/mol. The molecule has 0 spiro atoms. The van der Waals surface area contributed by atoms with E-state index >= 15 is 0 Å². The maximum atomic E-state index is 13.1. The molecule has 0 atom stereocenters. The Bertz CT molecular complexity index is 970. The first-order valence-electron chi connectivity index (χ1n) is 9.66. The van der Waals surface area contributed by atoms with Gasteiger partial charge in [-0.05, 0) is 69.9 Å². The summed E-state index contributed by atoms with van der Waals surface area (Å²) in [6.07, 6.45) is 0.823. The molecular formula is C22H27Cl2N3O3S. The SMILES string of the molecule is COc1ccc(OCC(=O)N(CCCN(C)C)c2nc3c(C)ccc(Cl)c3s2)cc1.Cl. The highest BCUT2D eigenvalue weighted by molar-refractivity contribution is 7.23. The molecule has 0 aliphatic rings. The fourth-order valence-corrected chi connectivity index (χ4v) is 4.33. The molecule has 3 rings (SSSR count). The van der Waals surface area contributed by atoms with E-state index in [0.29, 0.717) is 22.4 Å². The monoisotopic (exact) mass is 483 g/mol. The van der Waals surface area contributed by atoms with Crippen molar-refractivity contribution >= 4 is 56.6 Å². The van der Waals surface area contributed by atoms with Crippen molar-refractivity contribution in [2.75, 3.05) is 45.8 Å². The van der Waals surface area contributed by atoms with Crippen LogP contribution in [0.2, 0.25) is 5.02 Å². The van der Waals surface area contributed by atoms with Crippen LogP contribution < -0.4 is 14.4 Å². The number of benzene rings is 2. The summed E-state index contributed by atoms with van der Waals surface area (Å²) >= 11 is 7.80. The fourth-order valence-electron chi connectivity index (χ4n) is 2.97. The smallest absolute Gasteiger partial charge is 0.266 e. The van der Waals surface area contributed by atoms with Gasteiger partial charge in [0, 0.05) is 6.54 Å². The van der Waals surface area contributed by atoms with Crippen LogP contribution in [-0.4, -0.2) is 56.7 Å². The van der Waals surface area contributed by atoms with Crippen LogP contribution in [0.5, 0.6) is 11.5 Å². The van der Waals surface area contributed by atoms with Crippen molar-refractivity contribution in [3.63, 3.8) is 0 Å². The third kappa shape index (κ3) is 6.46. The molecule has 0 aliphatic heterocycles. The highest BCUT2D eigenvalue weighted by Crippen LogP contribution is 2.35. The van der Waals surface area contributed by atoms with E-state index in [2.05, 4.69) is 4.90 Å². The molecule has 0 bridgehead atoms. The van der Waals surface area contributed by atoms with Crippen molar-refractivity contribution in [3.05, 3.63) is 47.0 Å². The summed E-state index contributed by atoms with van der Waals surface area (Å²) in [4.78, 5) is 21.6. The number of ether oxygens (including phenoxy) is 2. The first kappa shape index (κ1) is 25.2. The van der Waals surface area contributed by atoms with Crippen molar-refractivity contribution < 1.29 is 14.3 Å². The average molecular weight is 484 g/mol. The number of amides is 1. The summed E-state index contributed by atoms with van der Waals surface area (Å²) in [5.41, 5.74) is 1.87. The van der Waals surface area contributed by atoms with E-state index < -0.39 is 0 Å². The quantitative estimate of drug-likeness (QED) is 0.426. The summed E-state index contributed by atoms with van der Waals surface area (Å²) < 4.78 is 11.8. The van der Waals surface area contributed by atoms with Gasteiger partial charge in [-0.15, -0.1) is 12.4 Å².